The lowest BCUT2D eigenvalue weighted by atomic mass is 10.1. The Hall–Kier alpha value is -1.32. The second kappa shape index (κ2) is 7.90. The van der Waals surface area contributed by atoms with E-state index >= 15 is 0 Å². The molecule has 18 heavy (non-hydrogen) atoms. The van der Waals surface area contributed by atoms with Crippen molar-refractivity contribution in [3.63, 3.8) is 0 Å². The molecule has 0 aliphatic heterocycles. The minimum Gasteiger partial charge on any atom is -0.477 e. The molecule has 0 aliphatic rings. The molecule has 0 radical (unpaired) electrons. The first kappa shape index (κ1) is 14.7. The van der Waals surface area contributed by atoms with Crippen molar-refractivity contribution in [2.24, 2.45) is 5.92 Å². The molecule has 1 aromatic heterocycles. The summed E-state index contributed by atoms with van der Waals surface area (Å²) in [5.74, 6) is 2.35. The van der Waals surface area contributed by atoms with E-state index in [1.54, 1.807) is 6.33 Å². The summed E-state index contributed by atoms with van der Waals surface area (Å²) in [6.45, 7) is 10.2. The standard InChI is InChI=1S/C14H25N3O/c1-5-12-13(15-6-2)16-10-17-14(12)18-9-7-8-11(3)4/h10-11H,5-9H2,1-4H3,(H,15,16,17). The van der Waals surface area contributed by atoms with Crippen LogP contribution in [0.15, 0.2) is 6.33 Å². The van der Waals surface area contributed by atoms with Crippen LogP contribution in [0, 0.1) is 5.92 Å². The highest BCUT2D eigenvalue weighted by atomic mass is 16.5. The van der Waals surface area contributed by atoms with Gasteiger partial charge in [-0.1, -0.05) is 20.8 Å². The summed E-state index contributed by atoms with van der Waals surface area (Å²) >= 11 is 0. The van der Waals surface area contributed by atoms with Crippen LogP contribution < -0.4 is 10.1 Å². The number of nitrogens with one attached hydrogen (secondary N) is 1. The fraction of sp³-hybridized carbons (Fsp3) is 0.714. The molecule has 1 aromatic rings. The molecule has 0 saturated carbocycles. The van der Waals surface area contributed by atoms with E-state index in [2.05, 4.69) is 43.0 Å². The first-order valence-corrected chi connectivity index (χ1v) is 6.89. The third-order valence-corrected chi connectivity index (χ3v) is 2.77. The first-order chi connectivity index (χ1) is 8.69. The average molecular weight is 251 g/mol. The number of aromatic nitrogens is 2. The van der Waals surface area contributed by atoms with Gasteiger partial charge in [-0.3, -0.25) is 0 Å². The Morgan fingerprint density at radius 3 is 2.67 bits per heavy atom. The normalized spacial score (nSPS) is 10.7. The third-order valence-electron chi connectivity index (χ3n) is 2.77. The third kappa shape index (κ3) is 4.51. The highest BCUT2D eigenvalue weighted by Gasteiger charge is 2.10. The van der Waals surface area contributed by atoms with Crippen molar-refractivity contribution < 1.29 is 4.74 Å². The highest BCUT2D eigenvalue weighted by Crippen LogP contribution is 2.22. The maximum absolute atomic E-state index is 5.77. The van der Waals surface area contributed by atoms with Gasteiger partial charge in [-0.05, 0) is 32.1 Å². The molecule has 1 rings (SSSR count). The molecular weight excluding hydrogens is 226 g/mol. The molecule has 0 aromatic carbocycles. The van der Waals surface area contributed by atoms with Crippen molar-refractivity contribution in [2.75, 3.05) is 18.5 Å². The molecule has 4 nitrogen and oxygen atoms in total. The number of nitrogens with zero attached hydrogens (tertiary/aromatic N) is 2. The van der Waals surface area contributed by atoms with E-state index in [0.29, 0.717) is 0 Å². The van der Waals surface area contributed by atoms with Crippen molar-refractivity contribution in [3.8, 4) is 5.88 Å². The first-order valence-electron chi connectivity index (χ1n) is 6.89. The largest absolute Gasteiger partial charge is 0.477 e. The molecule has 0 atom stereocenters. The van der Waals surface area contributed by atoms with Crippen LogP contribution in [0.4, 0.5) is 5.82 Å². The van der Waals surface area contributed by atoms with Crippen molar-refractivity contribution in [3.05, 3.63) is 11.9 Å². The summed E-state index contributed by atoms with van der Waals surface area (Å²) in [6.07, 6.45) is 4.70. The van der Waals surface area contributed by atoms with Crippen molar-refractivity contribution >= 4 is 5.82 Å². The van der Waals surface area contributed by atoms with Crippen LogP contribution in [0.5, 0.6) is 5.88 Å². The van der Waals surface area contributed by atoms with E-state index in [1.165, 1.54) is 6.42 Å². The predicted octanol–water partition coefficient (Wildman–Crippen LogP) is 3.29. The van der Waals surface area contributed by atoms with Crippen molar-refractivity contribution in [2.45, 2.75) is 47.0 Å². The van der Waals surface area contributed by atoms with Crippen LogP contribution in [0.2, 0.25) is 0 Å². The molecule has 0 fully saturated rings. The van der Waals surface area contributed by atoms with Gasteiger partial charge in [0.15, 0.2) is 0 Å². The molecule has 4 heteroatoms. The second-order valence-corrected chi connectivity index (χ2v) is 4.77. The van der Waals surface area contributed by atoms with E-state index in [-0.39, 0.29) is 0 Å². The zero-order chi connectivity index (χ0) is 13.4. The van der Waals surface area contributed by atoms with E-state index in [0.717, 1.165) is 49.2 Å². The summed E-state index contributed by atoms with van der Waals surface area (Å²) in [5, 5.41) is 3.24. The Bertz CT molecular complexity index is 353. The van der Waals surface area contributed by atoms with Crippen LogP contribution in [0.25, 0.3) is 0 Å². The molecule has 1 N–H and O–H groups in total. The summed E-state index contributed by atoms with van der Waals surface area (Å²) in [7, 11) is 0. The van der Waals surface area contributed by atoms with Crippen LogP contribution in [-0.4, -0.2) is 23.1 Å². The summed E-state index contributed by atoms with van der Waals surface area (Å²) in [5.41, 5.74) is 1.07. The minimum absolute atomic E-state index is 0.724. The SMILES string of the molecule is CCNc1ncnc(OCCCC(C)C)c1CC. The zero-order valence-electron chi connectivity index (χ0n) is 12.0. The van der Waals surface area contributed by atoms with Crippen LogP contribution in [-0.2, 0) is 6.42 Å². The number of hydrogen-bond donors (Lipinski definition) is 1. The smallest absolute Gasteiger partial charge is 0.221 e. The second-order valence-electron chi connectivity index (χ2n) is 4.77. The van der Waals surface area contributed by atoms with Gasteiger partial charge in [-0.15, -0.1) is 0 Å². The fourth-order valence-corrected chi connectivity index (χ4v) is 1.82. The highest BCUT2D eigenvalue weighted by molar-refractivity contribution is 5.48. The Kier molecular flexibility index (Phi) is 6.47. The van der Waals surface area contributed by atoms with Gasteiger partial charge < -0.3 is 10.1 Å². The molecule has 0 spiro atoms. The Morgan fingerprint density at radius 2 is 2.06 bits per heavy atom. The number of rotatable bonds is 8. The van der Waals surface area contributed by atoms with E-state index in [9.17, 15) is 0 Å². The Balaban J connectivity index is 2.61. The van der Waals surface area contributed by atoms with Gasteiger partial charge in [0.05, 0.1) is 12.2 Å². The van der Waals surface area contributed by atoms with Crippen molar-refractivity contribution in [1.29, 1.82) is 0 Å². The van der Waals surface area contributed by atoms with Crippen LogP contribution >= 0.6 is 0 Å². The van der Waals surface area contributed by atoms with Gasteiger partial charge >= 0.3 is 0 Å². The van der Waals surface area contributed by atoms with Gasteiger partial charge in [-0.2, -0.15) is 0 Å². The van der Waals surface area contributed by atoms with Crippen LogP contribution in [0.3, 0.4) is 0 Å². The maximum Gasteiger partial charge on any atom is 0.221 e. The van der Waals surface area contributed by atoms with Gasteiger partial charge in [0, 0.05) is 6.54 Å². The van der Waals surface area contributed by atoms with E-state index in [4.69, 9.17) is 4.74 Å². The summed E-state index contributed by atoms with van der Waals surface area (Å²) in [6, 6.07) is 0. The quantitative estimate of drug-likeness (QED) is 0.720. The van der Waals surface area contributed by atoms with E-state index < -0.39 is 0 Å². The van der Waals surface area contributed by atoms with Gasteiger partial charge in [0.1, 0.15) is 12.1 Å². The van der Waals surface area contributed by atoms with E-state index in [1.807, 2.05) is 0 Å². The van der Waals surface area contributed by atoms with Crippen LogP contribution in [0.1, 0.15) is 46.1 Å². The number of hydrogen-bond acceptors (Lipinski definition) is 4. The minimum atomic E-state index is 0.724. The molecule has 102 valence electrons. The monoisotopic (exact) mass is 251 g/mol. The number of ether oxygens (including phenoxy) is 1. The molecule has 0 amide bonds. The number of anilines is 1. The molecule has 0 aliphatic carbocycles. The topological polar surface area (TPSA) is 47.0 Å². The molecule has 0 saturated heterocycles. The summed E-state index contributed by atoms with van der Waals surface area (Å²) in [4.78, 5) is 8.49. The van der Waals surface area contributed by atoms with Gasteiger partial charge in [0.25, 0.3) is 0 Å². The van der Waals surface area contributed by atoms with Gasteiger partial charge in [0.2, 0.25) is 5.88 Å². The fourth-order valence-electron chi connectivity index (χ4n) is 1.82. The zero-order valence-corrected chi connectivity index (χ0v) is 12.0. The predicted molar refractivity (Wildman–Crippen MR) is 75.1 cm³/mol. The molecule has 1 heterocycles. The lowest BCUT2D eigenvalue weighted by Crippen LogP contribution is -2.08. The van der Waals surface area contributed by atoms with Crippen molar-refractivity contribution in [1.82, 2.24) is 9.97 Å². The van der Waals surface area contributed by atoms with Gasteiger partial charge in [-0.25, -0.2) is 9.97 Å². The Morgan fingerprint density at radius 1 is 1.28 bits per heavy atom. The molecular formula is C14H25N3O. The Labute approximate surface area is 110 Å². The average Bonchev–Trinajstić information content (AvgIpc) is 2.35. The lowest BCUT2D eigenvalue weighted by Gasteiger charge is -2.13. The molecule has 0 unspecified atom stereocenters. The summed E-state index contributed by atoms with van der Waals surface area (Å²) < 4.78 is 5.77. The lowest BCUT2D eigenvalue weighted by molar-refractivity contribution is 0.284. The maximum atomic E-state index is 5.77. The molecule has 0 bridgehead atoms.